The molecule has 2 rings (SSSR count). The van der Waals surface area contributed by atoms with Gasteiger partial charge in [0.15, 0.2) is 0 Å². The average Bonchev–Trinajstić information content (AvgIpc) is 3.02. The lowest BCUT2D eigenvalue weighted by atomic mass is 9.92. The van der Waals surface area contributed by atoms with Gasteiger partial charge in [0.05, 0.1) is 19.1 Å². The number of hydrogen-bond donors (Lipinski definition) is 1. The second kappa shape index (κ2) is 10.9. The Morgan fingerprint density at radius 2 is 1.96 bits per heavy atom. The van der Waals surface area contributed by atoms with Crippen LogP contribution in [0.3, 0.4) is 0 Å². The van der Waals surface area contributed by atoms with Crippen molar-refractivity contribution >= 4 is 11.8 Å². The molecule has 1 aromatic carbocycles. The predicted molar refractivity (Wildman–Crippen MR) is 105 cm³/mol. The molecule has 150 valence electrons. The highest BCUT2D eigenvalue weighted by Crippen LogP contribution is 2.39. The molecule has 1 aromatic rings. The molecule has 1 heterocycles. The third-order valence-electron chi connectivity index (χ3n) is 4.95. The molecule has 6 nitrogen and oxygen atoms in total. The summed E-state index contributed by atoms with van der Waals surface area (Å²) in [7, 11) is 1.63. The van der Waals surface area contributed by atoms with Crippen LogP contribution in [-0.2, 0) is 14.3 Å². The van der Waals surface area contributed by atoms with Crippen LogP contribution in [0.15, 0.2) is 24.3 Å². The summed E-state index contributed by atoms with van der Waals surface area (Å²) in [5.74, 6) is 0.397. The topological polar surface area (TPSA) is 67.9 Å². The van der Waals surface area contributed by atoms with Gasteiger partial charge in [-0.1, -0.05) is 25.5 Å². The van der Waals surface area contributed by atoms with E-state index in [2.05, 4.69) is 12.2 Å². The van der Waals surface area contributed by atoms with Gasteiger partial charge in [0.25, 0.3) is 0 Å². The SMILES string of the molecule is CCCCN1C(=O)CC(C(=O)NCCCOCC)C1c1ccc(OC)cc1. The lowest BCUT2D eigenvalue weighted by Gasteiger charge is -2.28. The van der Waals surface area contributed by atoms with Crippen LogP contribution in [-0.4, -0.2) is 50.1 Å². The van der Waals surface area contributed by atoms with Gasteiger partial charge < -0.3 is 19.7 Å². The van der Waals surface area contributed by atoms with E-state index in [9.17, 15) is 9.59 Å². The minimum atomic E-state index is -0.366. The van der Waals surface area contributed by atoms with Gasteiger partial charge in [-0.05, 0) is 37.5 Å². The first-order valence-corrected chi connectivity index (χ1v) is 9.91. The fraction of sp³-hybridized carbons (Fsp3) is 0.619. The van der Waals surface area contributed by atoms with Crippen LogP contribution in [0.4, 0.5) is 0 Å². The van der Waals surface area contributed by atoms with Crippen LogP contribution in [0.2, 0.25) is 0 Å². The minimum Gasteiger partial charge on any atom is -0.497 e. The van der Waals surface area contributed by atoms with Crippen molar-refractivity contribution in [2.45, 2.75) is 45.6 Å². The maximum absolute atomic E-state index is 12.8. The summed E-state index contributed by atoms with van der Waals surface area (Å²) in [4.78, 5) is 27.3. The molecule has 2 unspecified atom stereocenters. The maximum Gasteiger partial charge on any atom is 0.226 e. The number of nitrogens with one attached hydrogen (secondary N) is 1. The van der Waals surface area contributed by atoms with Crippen LogP contribution in [0.5, 0.6) is 5.75 Å². The number of methoxy groups -OCH3 is 1. The fourth-order valence-electron chi connectivity index (χ4n) is 3.49. The standard InChI is InChI=1S/C21H32N2O4/c1-4-6-13-23-19(24)15-18(21(25)22-12-7-14-27-5-2)20(23)16-8-10-17(26-3)11-9-16/h8-11,18,20H,4-7,12-15H2,1-3H3,(H,22,25). The van der Waals surface area contributed by atoms with E-state index in [0.717, 1.165) is 30.6 Å². The summed E-state index contributed by atoms with van der Waals surface area (Å²) in [6.07, 6.45) is 2.97. The van der Waals surface area contributed by atoms with Gasteiger partial charge in [-0.3, -0.25) is 9.59 Å². The molecule has 0 bridgehead atoms. The Bertz CT molecular complexity index is 603. The molecule has 0 aliphatic carbocycles. The van der Waals surface area contributed by atoms with Crippen molar-refractivity contribution < 1.29 is 19.1 Å². The van der Waals surface area contributed by atoms with E-state index in [4.69, 9.17) is 9.47 Å². The summed E-state index contributed by atoms with van der Waals surface area (Å²) >= 11 is 0. The summed E-state index contributed by atoms with van der Waals surface area (Å²) in [5.41, 5.74) is 0.979. The molecule has 0 aromatic heterocycles. The minimum absolute atomic E-state index is 0.0544. The van der Waals surface area contributed by atoms with Gasteiger partial charge in [0, 0.05) is 32.7 Å². The molecule has 6 heteroatoms. The smallest absolute Gasteiger partial charge is 0.226 e. The quantitative estimate of drug-likeness (QED) is 0.603. The summed E-state index contributed by atoms with van der Waals surface area (Å²) in [6.45, 7) is 6.61. The number of nitrogens with zero attached hydrogens (tertiary/aromatic N) is 1. The molecule has 1 aliphatic rings. The van der Waals surface area contributed by atoms with Crippen molar-refractivity contribution in [2.24, 2.45) is 5.92 Å². The number of carbonyl (C=O) groups excluding carboxylic acids is 2. The lowest BCUT2D eigenvalue weighted by Crippen LogP contribution is -2.36. The molecular weight excluding hydrogens is 344 g/mol. The zero-order valence-electron chi connectivity index (χ0n) is 16.7. The molecule has 1 fully saturated rings. The van der Waals surface area contributed by atoms with Gasteiger partial charge in [-0.2, -0.15) is 0 Å². The molecule has 2 atom stereocenters. The zero-order chi connectivity index (χ0) is 19.6. The molecule has 2 amide bonds. The Labute approximate surface area is 162 Å². The van der Waals surface area contributed by atoms with Crippen LogP contribution >= 0.6 is 0 Å². The molecule has 0 saturated carbocycles. The van der Waals surface area contributed by atoms with Gasteiger partial charge >= 0.3 is 0 Å². The Hall–Kier alpha value is -2.08. The molecular formula is C21H32N2O4. The Morgan fingerprint density at radius 1 is 1.22 bits per heavy atom. The molecule has 1 saturated heterocycles. The van der Waals surface area contributed by atoms with Gasteiger partial charge in [0.1, 0.15) is 5.75 Å². The second-order valence-electron chi connectivity index (χ2n) is 6.81. The van der Waals surface area contributed by atoms with E-state index in [-0.39, 0.29) is 30.2 Å². The molecule has 0 radical (unpaired) electrons. The normalized spacial score (nSPS) is 19.4. The number of unbranched alkanes of at least 4 members (excludes halogenated alkanes) is 1. The summed E-state index contributed by atoms with van der Waals surface area (Å²) in [6, 6.07) is 7.45. The highest BCUT2D eigenvalue weighted by atomic mass is 16.5. The average molecular weight is 376 g/mol. The first kappa shape index (κ1) is 21.2. The Balaban J connectivity index is 2.12. The molecule has 1 aliphatic heterocycles. The highest BCUT2D eigenvalue weighted by Gasteiger charge is 2.43. The maximum atomic E-state index is 12.8. The van der Waals surface area contributed by atoms with E-state index >= 15 is 0 Å². The Kier molecular flexibility index (Phi) is 8.58. The van der Waals surface area contributed by atoms with E-state index in [0.29, 0.717) is 26.3 Å². The van der Waals surface area contributed by atoms with Gasteiger partial charge in [0.2, 0.25) is 11.8 Å². The third kappa shape index (κ3) is 5.70. The summed E-state index contributed by atoms with van der Waals surface area (Å²) in [5, 5.41) is 2.98. The largest absolute Gasteiger partial charge is 0.497 e. The number of rotatable bonds is 11. The lowest BCUT2D eigenvalue weighted by molar-refractivity contribution is -0.129. The first-order valence-electron chi connectivity index (χ1n) is 9.91. The van der Waals surface area contributed by atoms with Gasteiger partial charge in [-0.25, -0.2) is 0 Å². The number of likely N-dealkylation sites (tertiary alicyclic amines) is 1. The van der Waals surface area contributed by atoms with Crippen LogP contribution < -0.4 is 10.1 Å². The van der Waals surface area contributed by atoms with Crippen molar-refractivity contribution in [3.8, 4) is 5.75 Å². The molecule has 27 heavy (non-hydrogen) atoms. The molecule has 1 N–H and O–H groups in total. The highest BCUT2D eigenvalue weighted by molar-refractivity contribution is 5.90. The van der Waals surface area contributed by atoms with Crippen LogP contribution in [0.1, 0.15) is 51.1 Å². The number of amides is 2. The Morgan fingerprint density at radius 3 is 2.59 bits per heavy atom. The monoisotopic (exact) mass is 376 g/mol. The first-order chi connectivity index (χ1) is 13.1. The summed E-state index contributed by atoms with van der Waals surface area (Å²) < 4.78 is 10.5. The van der Waals surface area contributed by atoms with E-state index in [1.165, 1.54) is 0 Å². The van der Waals surface area contributed by atoms with Gasteiger partial charge in [-0.15, -0.1) is 0 Å². The predicted octanol–water partition coefficient (Wildman–Crippen LogP) is 2.93. The van der Waals surface area contributed by atoms with Crippen molar-refractivity contribution in [1.29, 1.82) is 0 Å². The van der Waals surface area contributed by atoms with E-state index < -0.39 is 0 Å². The van der Waals surface area contributed by atoms with Crippen molar-refractivity contribution in [3.63, 3.8) is 0 Å². The number of carbonyl (C=O) groups is 2. The fourth-order valence-corrected chi connectivity index (χ4v) is 3.49. The third-order valence-corrected chi connectivity index (χ3v) is 4.95. The van der Waals surface area contributed by atoms with Crippen molar-refractivity contribution in [1.82, 2.24) is 10.2 Å². The van der Waals surface area contributed by atoms with Crippen molar-refractivity contribution in [3.05, 3.63) is 29.8 Å². The van der Waals surface area contributed by atoms with Crippen LogP contribution in [0.25, 0.3) is 0 Å². The number of ether oxygens (including phenoxy) is 2. The van der Waals surface area contributed by atoms with Crippen LogP contribution in [0, 0.1) is 5.92 Å². The molecule has 0 spiro atoms. The van der Waals surface area contributed by atoms with E-state index in [1.807, 2.05) is 36.1 Å². The number of hydrogen-bond acceptors (Lipinski definition) is 4. The second-order valence-corrected chi connectivity index (χ2v) is 6.81. The zero-order valence-corrected chi connectivity index (χ0v) is 16.7. The number of benzene rings is 1. The van der Waals surface area contributed by atoms with Crippen molar-refractivity contribution in [2.75, 3.05) is 33.4 Å². The van der Waals surface area contributed by atoms with E-state index in [1.54, 1.807) is 7.11 Å².